The van der Waals surface area contributed by atoms with Crippen LogP contribution in [0.5, 0.6) is 0 Å². The van der Waals surface area contributed by atoms with Crippen LogP contribution in [0, 0.1) is 3.57 Å². The summed E-state index contributed by atoms with van der Waals surface area (Å²) in [4.78, 5) is 23.7. The van der Waals surface area contributed by atoms with Gasteiger partial charge in [-0.25, -0.2) is 9.59 Å². The maximum atomic E-state index is 12.3. The Kier molecular flexibility index (Phi) is 4.49. The van der Waals surface area contributed by atoms with E-state index in [0.29, 0.717) is 12.1 Å². The van der Waals surface area contributed by atoms with E-state index in [1.807, 2.05) is 37.3 Å². The van der Waals surface area contributed by atoms with Gasteiger partial charge in [-0.15, -0.1) is 0 Å². The van der Waals surface area contributed by atoms with Crippen LogP contribution in [-0.2, 0) is 15.1 Å². The van der Waals surface area contributed by atoms with Gasteiger partial charge in [0.1, 0.15) is 11.6 Å². The minimum absolute atomic E-state index is 0.142. The Morgan fingerprint density at radius 2 is 2.00 bits per heavy atom. The number of hydrogen-bond acceptors (Lipinski definition) is 4. The first-order valence-electron chi connectivity index (χ1n) is 7.47. The molecule has 0 aromatic heterocycles. The zero-order valence-electron chi connectivity index (χ0n) is 13.0. The number of carboxylic acids is 1. The van der Waals surface area contributed by atoms with Gasteiger partial charge in [-0.3, -0.25) is 0 Å². The van der Waals surface area contributed by atoms with E-state index in [0.717, 1.165) is 9.13 Å². The molecule has 1 saturated heterocycles. The van der Waals surface area contributed by atoms with Crippen molar-refractivity contribution < 1.29 is 19.4 Å². The number of benzene rings is 2. The van der Waals surface area contributed by atoms with E-state index < -0.39 is 17.6 Å². The second-order valence-corrected chi connectivity index (χ2v) is 7.16. The number of rotatable bonds is 4. The lowest BCUT2D eigenvalue weighted by molar-refractivity contribution is -0.148. The number of cyclic esters (lactones) is 1. The smallest absolute Gasteiger partial charge is 0.337 e. The van der Waals surface area contributed by atoms with Crippen LogP contribution < -0.4 is 5.32 Å². The molecule has 5 nitrogen and oxygen atoms in total. The molecule has 124 valence electrons. The van der Waals surface area contributed by atoms with Crippen LogP contribution in [0.1, 0.15) is 29.3 Å². The normalized spacial score (nSPS) is 22.9. The van der Waals surface area contributed by atoms with Crippen LogP contribution >= 0.6 is 22.6 Å². The Morgan fingerprint density at radius 1 is 1.29 bits per heavy atom. The average molecular weight is 437 g/mol. The van der Waals surface area contributed by atoms with E-state index in [1.54, 1.807) is 18.2 Å². The molecule has 0 bridgehead atoms. The van der Waals surface area contributed by atoms with Crippen LogP contribution in [0.15, 0.2) is 48.5 Å². The van der Waals surface area contributed by atoms with Crippen molar-refractivity contribution in [3.8, 4) is 0 Å². The van der Waals surface area contributed by atoms with E-state index in [2.05, 4.69) is 27.9 Å². The molecule has 0 saturated carbocycles. The number of anilines is 1. The number of carbonyl (C=O) groups is 2. The largest absolute Gasteiger partial charge is 0.478 e. The average Bonchev–Trinajstić information content (AvgIpc) is 2.85. The summed E-state index contributed by atoms with van der Waals surface area (Å²) in [6, 6.07) is 14.0. The number of hydrogen-bond donors (Lipinski definition) is 2. The van der Waals surface area contributed by atoms with Crippen molar-refractivity contribution in [2.45, 2.75) is 25.0 Å². The van der Waals surface area contributed by atoms with Crippen LogP contribution in [-0.4, -0.2) is 23.1 Å². The summed E-state index contributed by atoms with van der Waals surface area (Å²) >= 11 is 2.05. The quantitative estimate of drug-likeness (QED) is 0.565. The molecule has 0 unspecified atom stereocenters. The standard InChI is InChI=1S/C18H16INO4/c1-18(11-5-3-2-4-6-11)10-15(17(23)24-18)20-14-8-7-12(19)9-13(14)16(21)22/h2-9,15,20H,10H2,1H3,(H,21,22)/t15-,18-/m1/s1. The van der Waals surface area contributed by atoms with Gasteiger partial charge in [-0.1, -0.05) is 30.3 Å². The predicted octanol–water partition coefficient (Wildman–Crippen LogP) is 3.63. The minimum Gasteiger partial charge on any atom is -0.478 e. The van der Waals surface area contributed by atoms with Crippen molar-refractivity contribution in [2.24, 2.45) is 0 Å². The maximum Gasteiger partial charge on any atom is 0.337 e. The molecule has 3 rings (SSSR count). The lowest BCUT2D eigenvalue weighted by Crippen LogP contribution is -2.26. The molecular formula is C18H16INO4. The summed E-state index contributed by atoms with van der Waals surface area (Å²) in [6.07, 6.45) is 0.431. The predicted molar refractivity (Wildman–Crippen MR) is 98.0 cm³/mol. The van der Waals surface area contributed by atoms with Gasteiger partial charge < -0.3 is 15.2 Å². The number of esters is 1. The van der Waals surface area contributed by atoms with Gasteiger partial charge in [-0.05, 0) is 53.3 Å². The second kappa shape index (κ2) is 6.43. The summed E-state index contributed by atoms with van der Waals surface area (Å²) in [5.41, 5.74) is 0.761. The van der Waals surface area contributed by atoms with Crippen LogP contribution in [0.3, 0.4) is 0 Å². The summed E-state index contributed by atoms with van der Waals surface area (Å²) in [6.45, 7) is 1.87. The molecule has 1 aliphatic rings. The number of ether oxygens (including phenoxy) is 1. The number of halogens is 1. The lowest BCUT2D eigenvalue weighted by Gasteiger charge is -2.23. The fourth-order valence-electron chi connectivity index (χ4n) is 2.89. The highest BCUT2D eigenvalue weighted by Crippen LogP contribution is 2.37. The Morgan fingerprint density at radius 3 is 2.67 bits per heavy atom. The zero-order chi connectivity index (χ0) is 17.3. The molecule has 6 heteroatoms. The summed E-state index contributed by atoms with van der Waals surface area (Å²) in [7, 11) is 0. The summed E-state index contributed by atoms with van der Waals surface area (Å²) in [5, 5.41) is 12.4. The SMILES string of the molecule is C[C@]1(c2ccccc2)C[C@@H](Nc2ccc(I)cc2C(=O)O)C(=O)O1. The summed E-state index contributed by atoms with van der Waals surface area (Å²) in [5.74, 6) is -1.41. The van der Waals surface area contributed by atoms with E-state index in [-0.39, 0.29) is 11.5 Å². The fraction of sp³-hybridized carbons (Fsp3) is 0.222. The number of carbonyl (C=O) groups excluding carboxylic acids is 1. The second-order valence-electron chi connectivity index (χ2n) is 5.91. The Balaban J connectivity index is 1.85. The van der Waals surface area contributed by atoms with E-state index >= 15 is 0 Å². The topological polar surface area (TPSA) is 75.6 Å². The molecule has 0 aliphatic carbocycles. The van der Waals surface area contributed by atoms with Crippen molar-refractivity contribution in [3.05, 3.63) is 63.2 Å². The van der Waals surface area contributed by atoms with Gasteiger partial charge in [0.05, 0.1) is 5.56 Å². The lowest BCUT2D eigenvalue weighted by atomic mass is 9.91. The number of nitrogens with one attached hydrogen (secondary N) is 1. The summed E-state index contributed by atoms with van der Waals surface area (Å²) < 4.78 is 6.41. The van der Waals surface area contributed by atoms with Crippen molar-refractivity contribution >= 4 is 40.2 Å². The third-order valence-corrected chi connectivity index (χ3v) is 4.80. The first-order valence-corrected chi connectivity index (χ1v) is 8.55. The molecule has 1 aliphatic heterocycles. The molecule has 1 heterocycles. The highest BCUT2D eigenvalue weighted by Gasteiger charge is 2.44. The van der Waals surface area contributed by atoms with Gasteiger partial charge in [0.2, 0.25) is 0 Å². The van der Waals surface area contributed by atoms with Gasteiger partial charge in [0, 0.05) is 15.7 Å². The molecule has 2 aromatic carbocycles. The van der Waals surface area contributed by atoms with E-state index in [9.17, 15) is 14.7 Å². The monoisotopic (exact) mass is 437 g/mol. The molecule has 0 radical (unpaired) electrons. The molecule has 2 aromatic rings. The van der Waals surface area contributed by atoms with Gasteiger partial charge in [-0.2, -0.15) is 0 Å². The molecule has 2 N–H and O–H groups in total. The Hall–Kier alpha value is -2.09. The van der Waals surface area contributed by atoms with Crippen LogP contribution in [0.4, 0.5) is 5.69 Å². The van der Waals surface area contributed by atoms with Crippen molar-refractivity contribution in [2.75, 3.05) is 5.32 Å². The molecule has 24 heavy (non-hydrogen) atoms. The third-order valence-electron chi connectivity index (χ3n) is 4.13. The molecule has 0 spiro atoms. The van der Waals surface area contributed by atoms with Crippen molar-refractivity contribution in [1.82, 2.24) is 0 Å². The zero-order valence-corrected chi connectivity index (χ0v) is 15.1. The first kappa shape index (κ1) is 16.8. The molecule has 0 amide bonds. The van der Waals surface area contributed by atoms with Crippen molar-refractivity contribution in [1.29, 1.82) is 0 Å². The van der Waals surface area contributed by atoms with Crippen LogP contribution in [0.2, 0.25) is 0 Å². The maximum absolute atomic E-state index is 12.3. The Labute approximate surface area is 153 Å². The van der Waals surface area contributed by atoms with Gasteiger partial charge in [0.15, 0.2) is 0 Å². The molecule has 2 atom stereocenters. The van der Waals surface area contributed by atoms with Crippen LogP contribution in [0.25, 0.3) is 0 Å². The minimum atomic E-state index is -1.03. The van der Waals surface area contributed by atoms with Gasteiger partial charge >= 0.3 is 11.9 Å². The highest BCUT2D eigenvalue weighted by atomic mass is 127. The fourth-order valence-corrected chi connectivity index (χ4v) is 3.38. The van der Waals surface area contributed by atoms with Gasteiger partial charge in [0.25, 0.3) is 0 Å². The number of aromatic carboxylic acids is 1. The highest BCUT2D eigenvalue weighted by molar-refractivity contribution is 14.1. The van der Waals surface area contributed by atoms with E-state index in [4.69, 9.17) is 4.74 Å². The first-order chi connectivity index (χ1) is 11.4. The molecule has 1 fully saturated rings. The Bertz CT molecular complexity index is 793. The number of carboxylic acid groups (broad SMARTS) is 1. The molecular weight excluding hydrogens is 421 g/mol. The third kappa shape index (κ3) is 3.24. The van der Waals surface area contributed by atoms with E-state index in [1.165, 1.54) is 0 Å². The van der Waals surface area contributed by atoms with Crippen molar-refractivity contribution in [3.63, 3.8) is 0 Å².